The van der Waals surface area contributed by atoms with Gasteiger partial charge in [-0.25, -0.2) is 0 Å². The lowest BCUT2D eigenvalue weighted by Gasteiger charge is -2.08. The van der Waals surface area contributed by atoms with E-state index in [0.29, 0.717) is 0 Å². The fourth-order valence-electron chi connectivity index (χ4n) is 1.44. The van der Waals surface area contributed by atoms with Gasteiger partial charge in [0.05, 0.1) is 0 Å². The molecule has 0 aliphatic rings. The van der Waals surface area contributed by atoms with Gasteiger partial charge < -0.3 is 5.11 Å². The van der Waals surface area contributed by atoms with E-state index in [9.17, 15) is 4.79 Å². The summed E-state index contributed by atoms with van der Waals surface area (Å²) < 4.78 is 1.04. The lowest BCUT2D eigenvalue weighted by atomic mass is 9.98. The zero-order chi connectivity index (χ0) is 10.6. The Balaban J connectivity index is 2.55. The lowest BCUT2D eigenvalue weighted by Crippen LogP contribution is -2.06. The van der Waals surface area contributed by atoms with Crippen molar-refractivity contribution in [2.24, 2.45) is 5.92 Å². The molecule has 0 heterocycles. The minimum Gasteiger partial charge on any atom is -0.481 e. The Hall–Kier alpha value is -0.830. The van der Waals surface area contributed by atoms with Crippen LogP contribution in [0.15, 0.2) is 28.7 Å². The van der Waals surface area contributed by atoms with Gasteiger partial charge in [-0.05, 0) is 30.0 Å². The zero-order valence-corrected chi connectivity index (χ0v) is 9.62. The van der Waals surface area contributed by atoms with E-state index in [-0.39, 0.29) is 12.3 Å². The predicted molar refractivity (Wildman–Crippen MR) is 59.3 cm³/mol. The minimum absolute atomic E-state index is 0.182. The second kappa shape index (κ2) is 5.15. The predicted octanol–water partition coefficient (Wildman–Crippen LogP) is 3.10. The van der Waals surface area contributed by atoms with E-state index in [4.69, 9.17) is 5.11 Å². The second-order valence-corrected chi connectivity index (χ2v) is 4.45. The number of benzene rings is 1. The topological polar surface area (TPSA) is 37.3 Å². The fourth-order valence-corrected chi connectivity index (χ4v) is 1.88. The normalized spacial score (nSPS) is 12.4. The Morgan fingerprint density at radius 2 is 2.29 bits per heavy atom. The largest absolute Gasteiger partial charge is 0.481 e. The molecule has 1 aromatic rings. The van der Waals surface area contributed by atoms with E-state index >= 15 is 0 Å². The van der Waals surface area contributed by atoms with Crippen molar-refractivity contribution < 1.29 is 9.90 Å². The van der Waals surface area contributed by atoms with Gasteiger partial charge in [-0.15, -0.1) is 0 Å². The van der Waals surface area contributed by atoms with Crippen molar-refractivity contribution in [1.82, 2.24) is 0 Å². The fraction of sp³-hybridized carbons (Fsp3) is 0.364. The van der Waals surface area contributed by atoms with Gasteiger partial charge in [0.2, 0.25) is 0 Å². The van der Waals surface area contributed by atoms with Gasteiger partial charge >= 0.3 is 5.97 Å². The third-order valence-corrected chi connectivity index (χ3v) is 2.49. The van der Waals surface area contributed by atoms with Crippen molar-refractivity contribution in [3.05, 3.63) is 34.3 Å². The summed E-state index contributed by atoms with van der Waals surface area (Å²) in [5.74, 6) is -0.547. The van der Waals surface area contributed by atoms with Gasteiger partial charge in [-0.3, -0.25) is 4.79 Å². The number of carboxylic acid groups (broad SMARTS) is 1. The highest BCUT2D eigenvalue weighted by atomic mass is 79.9. The second-order valence-electron chi connectivity index (χ2n) is 3.54. The summed E-state index contributed by atoms with van der Waals surface area (Å²) in [6.45, 7) is 1.95. The van der Waals surface area contributed by atoms with E-state index in [2.05, 4.69) is 15.9 Å². The molecule has 0 fully saturated rings. The van der Waals surface area contributed by atoms with Gasteiger partial charge in [-0.2, -0.15) is 0 Å². The van der Waals surface area contributed by atoms with Crippen LogP contribution in [0.25, 0.3) is 0 Å². The third-order valence-electron chi connectivity index (χ3n) is 2.00. The number of carbonyl (C=O) groups is 1. The molecule has 0 aliphatic carbocycles. The van der Waals surface area contributed by atoms with E-state index in [0.717, 1.165) is 10.9 Å². The SMILES string of the molecule is C[C@H](CC(=O)O)Cc1cccc(Br)c1. The molecule has 1 N–H and O–H groups in total. The molecule has 0 saturated carbocycles. The number of hydrogen-bond acceptors (Lipinski definition) is 1. The van der Waals surface area contributed by atoms with Crippen molar-refractivity contribution in [2.75, 3.05) is 0 Å². The van der Waals surface area contributed by atoms with Crippen LogP contribution in [0.1, 0.15) is 18.9 Å². The van der Waals surface area contributed by atoms with Crippen LogP contribution in [0.3, 0.4) is 0 Å². The van der Waals surface area contributed by atoms with Gasteiger partial charge in [-0.1, -0.05) is 35.0 Å². The minimum atomic E-state index is -0.729. The molecule has 76 valence electrons. The number of rotatable bonds is 4. The summed E-state index contributed by atoms with van der Waals surface area (Å²) in [4.78, 5) is 10.5. The van der Waals surface area contributed by atoms with Crippen molar-refractivity contribution in [3.63, 3.8) is 0 Å². The lowest BCUT2D eigenvalue weighted by molar-refractivity contribution is -0.137. The Morgan fingerprint density at radius 3 is 2.86 bits per heavy atom. The number of aliphatic carboxylic acids is 1. The summed E-state index contributed by atoms with van der Waals surface area (Å²) in [5.41, 5.74) is 1.17. The van der Waals surface area contributed by atoms with Crippen LogP contribution >= 0.6 is 15.9 Å². The van der Waals surface area contributed by atoms with Crippen molar-refractivity contribution >= 4 is 21.9 Å². The highest BCUT2D eigenvalue weighted by Crippen LogP contribution is 2.16. The number of carboxylic acids is 1. The van der Waals surface area contributed by atoms with Crippen molar-refractivity contribution in [3.8, 4) is 0 Å². The van der Waals surface area contributed by atoms with E-state index < -0.39 is 5.97 Å². The standard InChI is InChI=1S/C11H13BrO2/c1-8(6-11(13)14)5-9-3-2-4-10(12)7-9/h2-4,7-8H,5-6H2,1H3,(H,13,14)/t8-/m0/s1. The molecule has 3 heteroatoms. The highest BCUT2D eigenvalue weighted by molar-refractivity contribution is 9.10. The molecule has 1 rings (SSSR count). The maximum Gasteiger partial charge on any atom is 0.303 e. The van der Waals surface area contributed by atoms with Crippen molar-refractivity contribution in [2.45, 2.75) is 19.8 Å². The average Bonchev–Trinajstić information content (AvgIpc) is 2.01. The van der Waals surface area contributed by atoms with Crippen LogP contribution in [-0.2, 0) is 11.2 Å². The van der Waals surface area contributed by atoms with Crippen molar-refractivity contribution in [1.29, 1.82) is 0 Å². The van der Waals surface area contributed by atoms with Crippen LogP contribution in [0.4, 0.5) is 0 Å². The highest BCUT2D eigenvalue weighted by Gasteiger charge is 2.08. The molecule has 0 aromatic heterocycles. The molecular weight excluding hydrogens is 244 g/mol. The van der Waals surface area contributed by atoms with E-state index in [1.807, 2.05) is 31.2 Å². The number of halogens is 1. The van der Waals surface area contributed by atoms with Crippen LogP contribution in [0, 0.1) is 5.92 Å². The molecule has 0 unspecified atom stereocenters. The third kappa shape index (κ3) is 3.92. The Labute approximate surface area is 92.1 Å². The Morgan fingerprint density at radius 1 is 1.57 bits per heavy atom. The molecular formula is C11H13BrO2. The molecule has 0 aliphatic heterocycles. The van der Waals surface area contributed by atoms with Crippen LogP contribution in [0.2, 0.25) is 0 Å². The van der Waals surface area contributed by atoms with Crippen LogP contribution < -0.4 is 0 Å². The van der Waals surface area contributed by atoms with Crippen LogP contribution in [0.5, 0.6) is 0 Å². The summed E-state index contributed by atoms with van der Waals surface area (Å²) in [6, 6.07) is 7.97. The molecule has 2 nitrogen and oxygen atoms in total. The summed E-state index contributed by atoms with van der Waals surface area (Å²) >= 11 is 3.39. The first-order valence-corrected chi connectivity index (χ1v) is 5.33. The molecule has 1 atom stereocenters. The summed E-state index contributed by atoms with van der Waals surface area (Å²) in [7, 11) is 0. The molecule has 0 bridgehead atoms. The van der Waals surface area contributed by atoms with E-state index in [1.54, 1.807) is 0 Å². The average molecular weight is 257 g/mol. The Bertz CT molecular complexity index is 323. The van der Waals surface area contributed by atoms with Gasteiger partial charge in [0.1, 0.15) is 0 Å². The molecule has 1 aromatic carbocycles. The monoisotopic (exact) mass is 256 g/mol. The first-order valence-electron chi connectivity index (χ1n) is 4.54. The molecule has 0 radical (unpaired) electrons. The summed E-state index contributed by atoms with van der Waals surface area (Å²) in [5, 5.41) is 8.61. The Kier molecular flexibility index (Phi) is 4.14. The molecule has 0 saturated heterocycles. The molecule has 0 amide bonds. The van der Waals surface area contributed by atoms with Gasteiger partial charge in [0.15, 0.2) is 0 Å². The summed E-state index contributed by atoms with van der Waals surface area (Å²) in [6.07, 6.45) is 1.04. The first kappa shape index (κ1) is 11.2. The maximum absolute atomic E-state index is 10.5. The van der Waals surface area contributed by atoms with Crippen LogP contribution in [-0.4, -0.2) is 11.1 Å². The van der Waals surface area contributed by atoms with E-state index in [1.165, 1.54) is 5.56 Å². The number of hydrogen-bond donors (Lipinski definition) is 1. The maximum atomic E-state index is 10.5. The van der Waals surface area contributed by atoms with Gasteiger partial charge in [0.25, 0.3) is 0 Å². The first-order chi connectivity index (χ1) is 6.58. The zero-order valence-electron chi connectivity index (χ0n) is 8.03. The molecule has 14 heavy (non-hydrogen) atoms. The quantitative estimate of drug-likeness (QED) is 0.899. The van der Waals surface area contributed by atoms with Gasteiger partial charge in [0, 0.05) is 10.9 Å². The smallest absolute Gasteiger partial charge is 0.303 e. The molecule has 0 spiro atoms.